The van der Waals surface area contributed by atoms with Crippen LogP contribution < -0.4 is 4.74 Å². The van der Waals surface area contributed by atoms with Gasteiger partial charge in [0.1, 0.15) is 5.75 Å². The summed E-state index contributed by atoms with van der Waals surface area (Å²) in [6.45, 7) is 14.6. The molecule has 2 saturated heterocycles. The highest BCUT2D eigenvalue weighted by molar-refractivity contribution is 5.44. The molecule has 0 amide bonds. The number of aliphatic hydroxyl groups is 1. The van der Waals surface area contributed by atoms with Crippen LogP contribution in [0.15, 0.2) is 12.1 Å². The Morgan fingerprint density at radius 1 is 1.26 bits per heavy atom. The maximum atomic E-state index is 10.8. The molecule has 4 nitrogen and oxygen atoms in total. The summed E-state index contributed by atoms with van der Waals surface area (Å²) in [5, 5.41) is 10.8. The van der Waals surface area contributed by atoms with Crippen molar-refractivity contribution in [2.45, 2.75) is 65.5 Å². The van der Waals surface area contributed by atoms with Crippen molar-refractivity contribution >= 4 is 0 Å². The number of benzene rings is 1. The fourth-order valence-electron chi connectivity index (χ4n) is 5.05. The van der Waals surface area contributed by atoms with Crippen LogP contribution in [0.5, 0.6) is 5.75 Å². The van der Waals surface area contributed by atoms with Crippen molar-refractivity contribution in [2.75, 3.05) is 39.8 Å². The van der Waals surface area contributed by atoms with Gasteiger partial charge < -0.3 is 14.7 Å². The molecular formula is C23H38N2O2. The number of aryl methyl sites for hydroxylation is 1. The molecule has 152 valence electrons. The number of likely N-dealkylation sites (tertiary alicyclic amines) is 2. The van der Waals surface area contributed by atoms with Gasteiger partial charge in [-0.1, -0.05) is 19.9 Å². The van der Waals surface area contributed by atoms with Gasteiger partial charge in [0.05, 0.1) is 12.7 Å². The Kier molecular flexibility index (Phi) is 6.50. The Morgan fingerprint density at radius 3 is 2.74 bits per heavy atom. The number of piperidine rings is 2. The van der Waals surface area contributed by atoms with E-state index in [4.69, 9.17) is 4.74 Å². The van der Waals surface area contributed by atoms with Crippen LogP contribution >= 0.6 is 0 Å². The molecule has 1 aromatic rings. The second kappa shape index (κ2) is 8.50. The standard InChI is InChI=1S/C23H38N2O2/c1-6-27-21-12-18(4)19(13-20(21)17(2)3)14-25-10-7-9-23(16-25)15-24(5)11-8-22(23)26/h12-13,17,22,26H,6-11,14-16H2,1-5H3/t22-,23-/m0/s1. The lowest BCUT2D eigenvalue weighted by molar-refractivity contribution is -0.0808. The van der Waals surface area contributed by atoms with E-state index in [9.17, 15) is 5.11 Å². The molecule has 0 saturated carbocycles. The third-order valence-corrected chi connectivity index (χ3v) is 6.55. The molecule has 0 unspecified atom stereocenters. The minimum Gasteiger partial charge on any atom is -0.494 e. The molecule has 2 atom stereocenters. The molecule has 1 spiro atoms. The van der Waals surface area contributed by atoms with Crippen molar-refractivity contribution in [3.8, 4) is 5.75 Å². The van der Waals surface area contributed by atoms with Crippen LogP contribution in [-0.2, 0) is 6.54 Å². The van der Waals surface area contributed by atoms with Crippen molar-refractivity contribution in [1.82, 2.24) is 9.80 Å². The largest absolute Gasteiger partial charge is 0.494 e. The fraction of sp³-hybridized carbons (Fsp3) is 0.739. The Morgan fingerprint density at radius 2 is 2.04 bits per heavy atom. The zero-order chi connectivity index (χ0) is 19.6. The molecule has 2 fully saturated rings. The third kappa shape index (κ3) is 4.49. The van der Waals surface area contributed by atoms with Gasteiger partial charge in [0.25, 0.3) is 0 Å². The summed E-state index contributed by atoms with van der Waals surface area (Å²) in [6, 6.07) is 4.58. The first-order chi connectivity index (χ1) is 12.8. The highest BCUT2D eigenvalue weighted by atomic mass is 16.5. The average Bonchev–Trinajstić information content (AvgIpc) is 2.61. The van der Waals surface area contributed by atoms with E-state index in [1.807, 2.05) is 6.92 Å². The minimum atomic E-state index is -0.163. The normalized spacial score (nSPS) is 27.4. The second-order valence-electron chi connectivity index (χ2n) is 9.12. The zero-order valence-electron chi connectivity index (χ0n) is 17.9. The van der Waals surface area contributed by atoms with Crippen molar-refractivity contribution in [1.29, 1.82) is 0 Å². The smallest absolute Gasteiger partial charge is 0.123 e. The van der Waals surface area contributed by atoms with Gasteiger partial charge in [0.15, 0.2) is 0 Å². The monoisotopic (exact) mass is 374 g/mol. The molecule has 2 heterocycles. The third-order valence-electron chi connectivity index (χ3n) is 6.55. The molecule has 0 radical (unpaired) electrons. The molecule has 0 aromatic heterocycles. The molecule has 3 rings (SSSR count). The van der Waals surface area contributed by atoms with Crippen LogP contribution in [-0.4, -0.2) is 60.8 Å². The van der Waals surface area contributed by atoms with E-state index in [1.165, 1.54) is 23.1 Å². The highest BCUT2D eigenvalue weighted by Crippen LogP contribution is 2.39. The number of hydrogen-bond donors (Lipinski definition) is 1. The predicted molar refractivity (Wildman–Crippen MR) is 112 cm³/mol. The number of nitrogens with zero attached hydrogens (tertiary/aromatic N) is 2. The van der Waals surface area contributed by atoms with E-state index in [0.29, 0.717) is 12.5 Å². The summed E-state index contributed by atoms with van der Waals surface area (Å²) in [4.78, 5) is 4.97. The molecule has 4 heteroatoms. The lowest BCUT2D eigenvalue weighted by Crippen LogP contribution is -2.58. The summed E-state index contributed by atoms with van der Waals surface area (Å²) >= 11 is 0. The number of ether oxygens (including phenoxy) is 1. The summed E-state index contributed by atoms with van der Waals surface area (Å²) in [5.74, 6) is 1.49. The second-order valence-corrected chi connectivity index (χ2v) is 9.12. The highest BCUT2D eigenvalue weighted by Gasteiger charge is 2.44. The molecule has 2 aliphatic rings. The fourth-order valence-corrected chi connectivity index (χ4v) is 5.05. The Balaban J connectivity index is 1.79. The Bertz CT molecular complexity index is 646. The van der Waals surface area contributed by atoms with Gasteiger partial charge in [-0.3, -0.25) is 4.90 Å². The quantitative estimate of drug-likeness (QED) is 0.850. The maximum Gasteiger partial charge on any atom is 0.123 e. The van der Waals surface area contributed by atoms with E-state index in [-0.39, 0.29) is 11.5 Å². The van der Waals surface area contributed by atoms with Gasteiger partial charge in [-0.15, -0.1) is 0 Å². The van der Waals surface area contributed by atoms with Crippen LogP contribution in [0.2, 0.25) is 0 Å². The SMILES string of the molecule is CCOc1cc(C)c(CN2CCC[C@]3(CN(C)CC[C@@H]3O)C2)cc1C(C)C. The van der Waals surface area contributed by atoms with Crippen LogP contribution in [0.3, 0.4) is 0 Å². The minimum absolute atomic E-state index is 0.0469. The first-order valence-corrected chi connectivity index (χ1v) is 10.7. The van der Waals surface area contributed by atoms with Crippen molar-refractivity contribution < 1.29 is 9.84 Å². The zero-order valence-corrected chi connectivity index (χ0v) is 17.9. The summed E-state index contributed by atoms with van der Waals surface area (Å²) < 4.78 is 5.89. The van der Waals surface area contributed by atoms with E-state index in [0.717, 1.165) is 51.3 Å². The molecule has 27 heavy (non-hydrogen) atoms. The van der Waals surface area contributed by atoms with Crippen LogP contribution in [0.1, 0.15) is 62.6 Å². The van der Waals surface area contributed by atoms with Crippen LogP contribution in [0.25, 0.3) is 0 Å². The topological polar surface area (TPSA) is 35.9 Å². The number of rotatable bonds is 5. The first-order valence-electron chi connectivity index (χ1n) is 10.7. The number of hydrogen-bond acceptors (Lipinski definition) is 4. The van der Waals surface area contributed by atoms with Crippen molar-refractivity contribution in [3.63, 3.8) is 0 Å². The van der Waals surface area contributed by atoms with Crippen LogP contribution in [0.4, 0.5) is 0 Å². The van der Waals surface area contributed by atoms with E-state index in [2.05, 4.69) is 49.8 Å². The van der Waals surface area contributed by atoms with Crippen molar-refractivity contribution in [3.05, 3.63) is 28.8 Å². The van der Waals surface area contributed by atoms with Gasteiger partial charge in [-0.05, 0) is 75.4 Å². The maximum absolute atomic E-state index is 10.8. The average molecular weight is 375 g/mol. The molecule has 1 aromatic carbocycles. The lowest BCUT2D eigenvalue weighted by Gasteiger charge is -2.50. The van der Waals surface area contributed by atoms with Gasteiger partial charge in [-0.25, -0.2) is 0 Å². The molecule has 2 aliphatic heterocycles. The lowest BCUT2D eigenvalue weighted by atomic mass is 9.71. The Hall–Kier alpha value is -1.10. The molecule has 0 aliphatic carbocycles. The van der Waals surface area contributed by atoms with Crippen LogP contribution in [0, 0.1) is 12.3 Å². The summed E-state index contributed by atoms with van der Waals surface area (Å²) in [6.07, 6.45) is 3.07. The van der Waals surface area contributed by atoms with Gasteiger partial charge in [0, 0.05) is 31.6 Å². The van der Waals surface area contributed by atoms with E-state index in [1.54, 1.807) is 0 Å². The molecule has 0 bridgehead atoms. The van der Waals surface area contributed by atoms with Gasteiger partial charge in [-0.2, -0.15) is 0 Å². The van der Waals surface area contributed by atoms with E-state index < -0.39 is 0 Å². The van der Waals surface area contributed by atoms with Gasteiger partial charge >= 0.3 is 0 Å². The number of aliphatic hydroxyl groups excluding tert-OH is 1. The van der Waals surface area contributed by atoms with E-state index >= 15 is 0 Å². The molecule has 1 N–H and O–H groups in total. The first kappa shape index (κ1) is 20.6. The molecular weight excluding hydrogens is 336 g/mol. The summed E-state index contributed by atoms with van der Waals surface area (Å²) in [7, 11) is 2.19. The predicted octanol–water partition coefficient (Wildman–Crippen LogP) is 3.80. The van der Waals surface area contributed by atoms with Crippen molar-refractivity contribution in [2.24, 2.45) is 5.41 Å². The Labute approximate surface area is 165 Å². The van der Waals surface area contributed by atoms with Gasteiger partial charge in [0.2, 0.25) is 0 Å². The summed E-state index contributed by atoms with van der Waals surface area (Å²) in [5.41, 5.74) is 4.06.